The number of hydrogen-bond acceptors (Lipinski definition) is 6. The predicted octanol–water partition coefficient (Wildman–Crippen LogP) is 14.7. The molecule has 0 aliphatic rings. The maximum Gasteiger partial charge on any atom is 0.119 e. The third-order valence-corrected chi connectivity index (χ3v) is 12.2. The quantitative estimate of drug-likeness (QED) is 0.0856. The Bertz CT molecular complexity index is 2190. The molecule has 0 saturated carbocycles. The average Bonchev–Trinajstić information content (AvgIpc) is 3.36. The van der Waals surface area contributed by atoms with Gasteiger partial charge in [-0.25, -0.2) is 0 Å². The molecule has 8 rings (SSSR count). The van der Waals surface area contributed by atoms with E-state index in [1.807, 2.05) is 182 Å². The Morgan fingerprint density at radius 3 is 0.439 bits per heavy atom. The summed E-state index contributed by atoms with van der Waals surface area (Å²) in [6, 6.07) is 59.6. The van der Waals surface area contributed by atoms with Crippen LogP contribution in [-0.4, -0.2) is 0 Å². The molecule has 6 nitrogen and oxygen atoms in total. The first kappa shape index (κ1) is 46.5. The zero-order chi connectivity index (χ0) is 46.1. The maximum absolute atomic E-state index is 6.15. The van der Waals surface area contributed by atoms with Gasteiger partial charge in [-0.1, -0.05) is 109 Å². The van der Waals surface area contributed by atoms with Gasteiger partial charge >= 0.3 is 0 Å². The highest BCUT2D eigenvalue weighted by atomic mass is 16.5. The fourth-order valence-electron chi connectivity index (χ4n) is 8.11. The fraction of sp³-hybridized carbons (Fsp3) is 0.200. The standard InChI is InChI=1S/2C30H30O3/c2*1-22-28(19-31-25-13-7-4-8-14-25)23(2)30(21-33-27-17-11-6-12-18-27)24(3)29(22)20-32-26-15-9-5-10-16-26/h2*4-18H,19-21H2,1-3H3. The summed E-state index contributed by atoms with van der Waals surface area (Å²) in [7, 11) is 0. The smallest absolute Gasteiger partial charge is 0.119 e. The van der Waals surface area contributed by atoms with E-state index in [0.29, 0.717) is 39.6 Å². The van der Waals surface area contributed by atoms with Crippen molar-refractivity contribution < 1.29 is 28.4 Å². The van der Waals surface area contributed by atoms with E-state index in [2.05, 4.69) is 41.5 Å². The van der Waals surface area contributed by atoms with Crippen LogP contribution < -0.4 is 28.4 Å². The molecule has 0 N–H and O–H groups in total. The van der Waals surface area contributed by atoms with E-state index in [-0.39, 0.29) is 0 Å². The Kier molecular flexibility index (Phi) is 16.6. The van der Waals surface area contributed by atoms with Crippen molar-refractivity contribution in [2.45, 2.75) is 81.2 Å². The minimum absolute atomic E-state index is 0.499. The second-order valence-corrected chi connectivity index (χ2v) is 16.2. The van der Waals surface area contributed by atoms with Gasteiger partial charge in [0.2, 0.25) is 0 Å². The molecule has 0 aromatic heterocycles. The summed E-state index contributed by atoms with van der Waals surface area (Å²) in [5.41, 5.74) is 14.4. The Morgan fingerprint density at radius 2 is 0.318 bits per heavy atom. The van der Waals surface area contributed by atoms with E-state index >= 15 is 0 Å². The number of hydrogen-bond donors (Lipinski definition) is 0. The molecule has 0 aliphatic heterocycles. The molecule has 0 aliphatic carbocycles. The number of benzene rings is 8. The van der Waals surface area contributed by atoms with Crippen molar-refractivity contribution in [1.82, 2.24) is 0 Å². The van der Waals surface area contributed by atoms with Gasteiger partial charge in [-0.05, 0) is 181 Å². The summed E-state index contributed by atoms with van der Waals surface area (Å²) < 4.78 is 36.9. The molecule has 0 amide bonds. The van der Waals surface area contributed by atoms with Crippen LogP contribution in [0.1, 0.15) is 66.8 Å². The van der Waals surface area contributed by atoms with Crippen molar-refractivity contribution >= 4 is 0 Å². The first-order chi connectivity index (χ1) is 32.3. The summed E-state index contributed by atoms with van der Waals surface area (Å²) in [5.74, 6) is 5.17. The minimum atomic E-state index is 0.499. The molecule has 0 atom stereocenters. The van der Waals surface area contributed by atoms with Gasteiger partial charge in [0.05, 0.1) is 0 Å². The SMILES string of the molecule is Cc1c(COc2ccccc2)c(C)c(COc2ccccc2)c(C)c1COc1ccccc1.Cc1c(COc2ccccc2)c(C)c(COc2ccccc2)c(C)c1COc1ccccc1. The molecular formula is C60H60O6. The van der Waals surface area contributed by atoms with Gasteiger partial charge in [0.25, 0.3) is 0 Å². The van der Waals surface area contributed by atoms with Gasteiger partial charge in [0, 0.05) is 0 Å². The first-order valence-corrected chi connectivity index (χ1v) is 22.5. The minimum Gasteiger partial charge on any atom is -0.489 e. The lowest BCUT2D eigenvalue weighted by Crippen LogP contribution is -2.13. The van der Waals surface area contributed by atoms with Crippen LogP contribution in [-0.2, 0) is 39.6 Å². The van der Waals surface area contributed by atoms with Gasteiger partial charge in [0.15, 0.2) is 0 Å². The molecule has 0 fully saturated rings. The van der Waals surface area contributed by atoms with Gasteiger partial charge < -0.3 is 28.4 Å². The zero-order valence-corrected chi connectivity index (χ0v) is 39.0. The molecule has 336 valence electrons. The molecule has 0 radical (unpaired) electrons. The topological polar surface area (TPSA) is 55.4 Å². The first-order valence-electron chi connectivity index (χ1n) is 22.5. The Morgan fingerprint density at radius 1 is 0.197 bits per heavy atom. The Balaban J connectivity index is 0.000000196. The van der Waals surface area contributed by atoms with E-state index in [0.717, 1.165) is 34.5 Å². The lowest BCUT2D eigenvalue weighted by Gasteiger charge is -2.23. The summed E-state index contributed by atoms with van der Waals surface area (Å²) in [6.07, 6.45) is 0. The molecule has 0 saturated heterocycles. The molecule has 66 heavy (non-hydrogen) atoms. The highest BCUT2D eigenvalue weighted by molar-refractivity contribution is 5.52. The third kappa shape index (κ3) is 12.4. The monoisotopic (exact) mass is 876 g/mol. The van der Waals surface area contributed by atoms with Crippen LogP contribution in [0.2, 0.25) is 0 Å². The molecule has 0 spiro atoms. The third-order valence-electron chi connectivity index (χ3n) is 12.2. The van der Waals surface area contributed by atoms with Crippen LogP contribution >= 0.6 is 0 Å². The molecule has 6 heteroatoms. The number of rotatable bonds is 18. The van der Waals surface area contributed by atoms with Crippen LogP contribution in [0, 0.1) is 41.5 Å². The van der Waals surface area contributed by atoms with Crippen molar-refractivity contribution in [2.75, 3.05) is 0 Å². The Labute approximate surface area is 391 Å². The fourth-order valence-corrected chi connectivity index (χ4v) is 8.11. The molecular weight excluding hydrogens is 817 g/mol. The van der Waals surface area contributed by atoms with Crippen LogP contribution in [0.4, 0.5) is 0 Å². The number of ether oxygens (including phenoxy) is 6. The summed E-state index contributed by atoms with van der Waals surface area (Å²) in [5, 5.41) is 0. The Hall–Kier alpha value is -7.44. The molecule has 8 aromatic carbocycles. The van der Waals surface area contributed by atoms with Crippen LogP contribution in [0.15, 0.2) is 182 Å². The van der Waals surface area contributed by atoms with Crippen LogP contribution in [0.25, 0.3) is 0 Å². The summed E-state index contributed by atoms with van der Waals surface area (Å²) >= 11 is 0. The highest BCUT2D eigenvalue weighted by Crippen LogP contribution is 2.33. The van der Waals surface area contributed by atoms with Crippen molar-refractivity contribution in [3.63, 3.8) is 0 Å². The van der Waals surface area contributed by atoms with E-state index in [1.165, 1.54) is 66.8 Å². The van der Waals surface area contributed by atoms with E-state index in [4.69, 9.17) is 28.4 Å². The van der Waals surface area contributed by atoms with Gasteiger partial charge in [-0.3, -0.25) is 0 Å². The van der Waals surface area contributed by atoms with Gasteiger partial charge in [-0.2, -0.15) is 0 Å². The van der Waals surface area contributed by atoms with Gasteiger partial charge in [0.1, 0.15) is 74.1 Å². The molecule has 8 aromatic rings. The van der Waals surface area contributed by atoms with Crippen molar-refractivity contribution in [1.29, 1.82) is 0 Å². The maximum atomic E-state index is 6.15. The highest BCUT2D eigenvalue weighted by Gasteiger charge is 2.20. The molecule has 0 unspecified atom stereocenters. The zero-order valence-electron chi connectivity index (χ0n) is 39.0. The lowest BCUT2D eigenvalue weighted by atomic mass is 9.89. The summed E-state index contributed by atoms with van der Waals surface area (Å²) in [6.45, 7) is 16.0. The van der Waals surface area contributed by atoms with E-state index in [1.54, 1.807) is 0 Å². The second-order valence-electron chi connectivity index (χ2n) is 16.2. The van der Waals surface area contributed by atoms with Gasteiger partial charge in [-0.15, -0.1) is 0 Å². The molecule has 0 bridgehead atoms. The van der Waals surface area contributed by atoms with Crippen molar-refractivity contribution in [3.8, 4) is 34.5 Å². The van der Waals surface area contributed by atoms with Crippen LogP contribution in [0.5, 0.6) is 34.5 Å². The summed E-state index contributed by atoms with van der Waals surface area (Å²) in [4.78, 5) is 0. The van der Waals surface area contributed by atoms with E-state index < -0.39 is 0 Å². The van der Waals surface area contributed by atoms with Crippen molar-refractivity contribution in [3.05, 3.63) is 249 Å². The van der Waals surface area contributed by atoms with Crippen molar-refractivity contribution in [2.24, 2.45) is 0 Å². The normalized spacial score (nSPS) is 10.6. The number of para-hydroxylation sites is 6. The lowest BCUT2D eigenvalue weighted by molar-refractivity contribution is 0.289. The van der Waals surface area contributed by atoms with E-state index in [9.17, 15) is 0 Å². The average molecular weight is 877 g/mol. The predicted molar refractivity (Wildman–Crippen MR) is 266 cm³/mol. The molecule has 0 heterocycles. The second kappa shape index (κ2) is 23.5. The van der Waals surface area contributed by atoms with Crippen LogP contribution in [0.3, 0.4) is 0 Å². The largest absolute Gasteiger partial charge is 0.489 e.